The number of anilines is 1. The number of carbonyl (C=O) groups excluding carboxylic acids is 2. The van der Waals surface area contributed by atoms with Gasteiger partial charge in [0, 0.05) is 23.8 Å². The predicted molar refractivity (Wildman–Crippen MR) is 88.6 cm³/mol. The number of rotatable bonds is 3. The number of halogens is 2. The molecule has 0 atom stereocenters. The fourth-order valence-electron chi connectivity index (χ4n) is 2.27. The van der Waals surface area contributed by atoms with Crippen molar-refractivity contribution in [2.45, 2.75) is 0 Å². The first kappa shape index (κ1) is 16.4. The number of nitrogens with zero attached hydrogens (tertiary/aromatic N) is 1. The Bertz CT molecular complexity index is 886. The van der Waals surface area contributed by atoms with E-state index in [9.17, 15) is 18.4 Å². The highest BCUT2D eigenvalue weighted by atomic mass is 19.1. The first-order chi connectivity index (χ1) is 12.0. The summed E-state index contributed by atoms with van der Waals surface area (Å²) in [7, 11) is 0. The second-order valence-electron chi connectivity index (χ2n) is 5.14. The summed E-state index contributed by atoms with van der Waals surface area (Å²) < 4.78 is 28.9. The van der Waals surface area contributed by atoms with Crippen LogP contribution in [0.2, 0.25) is 0 Å². The highest BCUT2D eigenvalue weighted by Crippen LogP contribution is 2.14. The molecule has 0 unspecified atom stereocenters. The molecule has 0 aliphatic carbocycles. The molecule has 0 aliphatic heterocycles. The van der Waals surface area contributed by atoms with Crippen molar-refractivity contribution in [3.05, 3.63) is 84.2 Å². The SMILES string of the molecule is O=C(NC(=O)c1c(F)cccc1F)Nc1ccc(-n2cccc2)cc1. The minimum Gasteiger partial charge on any atom is -0.324 e. The summed E-state index contributed by atoms with van der Waals surface area (Å²) in [5, 5.41) is 4.32. The van der Waals surface area contributed by atoms with E-state index in [0.29, 0.717) is 5.69 Å². The molecule has 3 rings (SSSR count). The summed E-state index contributed by atoms with van der Waals surface area (Å²) >= 11 is 0. The van der Waals surface area contributed by atoms with Gasteiger partial charge in [-0.05, 0) is 48.5 Å². The fraction of sp³-hybridized carbons (Fsp3) is 0. The Labute approximate surface area is 141 Å². The Morgan fingerprint density at radius 1 is 0.840 bits per heavy atom. The molecule has 0 aliphatic rings. The van der Waals surface area contributed by atoms with Gasteiger partial charge in [0.25, 0.3) is 5.91 Å². The standard InChI is InChI=1S/C18H13F2N3O2/c19-14-4-3-5-15(20)16(14)17(24)22-18(25)21-12-6-8-13(9-7-12)23-10-1-2-11-23/h1-11H,(H2,21,22,24,25). The molecule has 25 heavy (non-hydrogen) atoms. The van der Waals surface area contributed by atoms with Crippen molar-refractivity contribution in [2.24, 2.45) is 0 Å². The van der Waals surface area contributed by atoms with Crippen molar-refractivity contribution in [3.63, 3.8) is 0 Å². The largest absolute Gasteiger partial charge is 0.326 e. The first-order valence-corrected chi connectivity index (χ1v) is 7.34. The number of imide groups is 1. The molecule has 0 saturated heterocycles. The summed E-state index contributed by atoms with van der Waals surface area (Å²) in [5.74, 6) is -3.24. The molecular formula is C18H13F2N3O2. The maximum atomic E-state index is 13.5. The molecule has 0 fully saturated rings. The molecule has 2 N–H and O–H groups in total. The average Bonchev–Trinajstić information content (AvgIpc) is 3.09. The van der Waals surface area contributed by atoms with Gasteiger partial charge in [0.1, 0.15) is 17.2 Å². The first-order valence-electron chi connectivity index (χ1n) is 7.34. The van der Waals surface area contributed by atoms with E-state index in [0.717, 1.165) is 23.9 Å². The van der Waals surface area contributed by atoms with Gasteiger partial charge in [-0.25, -0.2) is 13.6 Å². The second-order valence-corrected chi connectivity index (χ2v) is 5.14. The number of carbonyl (C=O) groups is 2. The van der Waals surface area contributed by atoms with Gasteiger partial charge in [-0.15, -0.1) is 0 Å². The molecule has 7 heteroatoms. The molecule has 0 bridgehead atoms. The Balaban J connectivity index is 1.65. The van der Waals surface area contributed by atoms with Gasteiger partial charge in [-0.2, -0.15) is 0 Å². The number of urea groups is 1. The lowest BCUT2D eigenvalue weighted by Crippen LogP contribution is -2.35. The molecular weight excluding hydrogens is 328 g/mol. The minimum absolute atomic E-state index is 0.426. The molecule has 5 nitrogen and oxygen atoms in total. The van der Waals surface area contributed by atoms with Crippen molar-refractivity contribution in [3.8, 4) is 5.69 Å². The van der Waals surface area contributed by atoms with Crippen LogP contribution in [0.1, 0.15) is 10.4 Å². The van der Waals surface area contributed by atoms with E-state index in [-0.39, 0.29) is 0 Å². The highest BCUT2D eigenvalue weighted by molar-refractivity contribution is 6.08. The lowest BCUT2D eigenvalue weighted by atomic mass is 10.2. The second kappa shape index (κ2) is 6.96. The number of hydrogen-bond acceptors (Lipinski definition) is 2. The average molecular weight is 341 g/mol. The number of amides is 3. The highest BCUT2D eigenvalue weighted by Gasteiger charge is 2.19. The zero-order valence-corrected chi connectivity index (χ0v) is 12.9. The van der Waals surface area contributed by atoms with Gasteiger partial charge in [0.2, 0.25) is 0 Å². The molecule has 3 aromatic rings. The van der Waals surface area contributed by atoms with Gasteiger partial charge in [-0.3, -0.25) is 10.1 Å². The van der Waals surface area contributed by atoms with Gasteiger partial charge in [-0.1, -0.05) is 6.07 Å². The van der Waals surface area contributed by atoms with Gasteiger partial charge < -0.3 is 9.88 Å². The van der Waals surface area contributed by atoms with Gasteiger partial charge in [0.15, 0.2) is 0 Å². The van der Waals surface area contributed by atoms with Crippen molar-refractivity contribution in [1.82, 2.24) is 9.88 Å². The Morgan fingerprint density at radius 3 is 2.04 bits per heavy atom. The van der Waals surface area contributed by atoms with Crippen molar-refractivity contribution >= 4 is 17.6 Å². The number of benzene rings is 2. The summed E-state index contributed by atoms with van der Waals surface area (Å²) in [6, 6.07) is 12.7. The van der Waals surface area contributed by atoms with Crippen molar-refractivity contribution in [1.29, 1.82) is 0 Å². The van der Waals surface area contributed by atoms with E-state index in [1.54, 1.807) is 24.3 Å². The van der Waals surface area contributed by atoms with Crippen LogP contribution in [0, 0.1) is 11.6 Å². The molecule has 3 amide bonds. The lowest BCUT2D eigenvalue weighted by molar-refractivity contribution is 0.0959. The maximum absolute atomic E-state index is 13.5. The molecule has 1 heterocycles. The van der Waals surface area contributed by atoms with Crippen LogP contribution in [0.3, 0.4) is 0 Å². The Kier molecular flexibility index (Phi) is 4.56. The molecule has 1 aromatic heterocycles. The molecule has 2 aromatic carbocycles. The van der Waals surface area contributed by atoms with Crippen LogP contribution in [0.15, 0.2) is 67.0 Å². The summed E-state index contributed by atoms with van der Waals surface area (Å²) in [6.07, 6.45) is 3.74. The van der Waals surface area contributed by atoms with Crippen LogP contribution in [0.4, 0.5) is 19.3 Å². The third-order valence-corrected chi connectivity index (χ3v) is 3.44. The summed E-state index contributed by atoms with van der Waals surface area (Å²) in [5.41, 5.74) is 0.510. The minimum atomic E-state index is -1.16. The normalized spacial score (nSPS) is 10.3. The van der Waals surface area contributed by atoms with Crippen molar-refractivity contribution < 1.29 is 18.4 Å². The third kappa shape index (κ3) is 3.72. The van der Waals surface area contributed by atoms with E-state index in [1.165, 1.54) is 0 Å². The Morgan fingerprint density at radius 2 is 1.44 bits per heavy atom. The van der Waals surface area contributed by atoms with Crippen molar-refractivity contribution in [2.75, 3.05) is 5.32 Å². The quantitative estimate of drug-likeness (QED) is 0.763. The topological polar surface area (TPSA) is 63.1 Å². The van der Waals surface area contributed by atoms with Crippen LogP contribution in [0.25, 0.3) is 5.69 Å². The van der Waals surface area contributed by atoms with Crippen LogP contribution in [-0.2, 0) is 0 Å². The Hall–Kier alpha value is -3.48. The van der Waals surface area contributed by atoms with Gasteiger partial charge >= 0.3 is 6.03 Å². The van der Waals surface area contributed by atoms with Gasteiger partial charge in [0.05, 0.1) is 0 Å². The van der Waals surface area contributed by atoms with Crippen LogP contribution >= 0.6 is 0 Å². The molecule has 0 radical (unpaired) electrons. The summed E-state index contributed by atoms with van der Waals surface area (Å²) in [4.78, 5) is 23.7. The summed E-state index contributed by atoms with van der Waals surface area (Å²) in [6.45, 7) is 0. The zero-order chi connectivity index (χ0) is 17.8. The van der Waals surface area contributed by atoms with Crippen LogP contribution in [0.5, 0.6) is 0 Å². The monoisotopic (exact) mass is 341 g/mol. The molecule has 0 spiro atoms. The van der Waals surface area contributed by atoms with E-state index >= 15 is 0 Å². The smallest absolute Gasteiger partial charge is 0.324 e. The predicted octanol–water partition coefficient (Wildman–Crippen LogP) is 3.72. The van der Waals surface area contributed by atoms with E-state index < -0.39 is 29.1 Å². The number of nitrogens with one attached hydrogen (secondary N) is 2. The number of hydrogen-bond donors (Lipinski definition) is 2. The van der Waals surface area contributed by atoms with Crippen LogP contribution < -0.4 is 10.6 Å². The van der Waals surface area contributed by atoms with E-state index in [1.807, 2.05) is 34.4 Å². The zero-order valence-electron chi connectivity index (χ0n) is 12.9. The molecule has 0 saturated carbocycles. The third-order valence-electron chi connectivity index (χ3n) is 3.44. The fourth-order valence-corrected chi connectivity index (χ4v) is 2.27. The maximum Gasteiger partial charge on any atom is 0.326 e. The number of aromatic nitrogens is 1. The van der Waals surface area contributed by atoms with E-state index in [2.05, 4.69) is 5.32 Å². The van der Waals surface area contributed by atoms with Crippen LogP contribution in [-0.4, -0.2) is 16.5 Å². The molecule has 126 valence electrons. The lowest BCUT2D eigenvalue weighted by Gasteiger charge is -2.09. The van der Waals surface area contributed by atoms with E-state index in [4.69, 9.17) is 0 Å².